The van der Waals surface area contributed by atoms with Gasteiger partial charge < -0.3 is 4.74 Å². The van der Waals surface area contributed by atoms with E-state index in [1.807, 2.05) is 25.1 Å². The molecular weight excluding hydrogens is 395 g/mol. The molecule has 1 N–H and O–H groups in total. The monoisotopic (exact) mass is 414 g/mol. The van der Waals surface area contributed by atoms with Crippen molar-refractivity contribution in [3.63, 3.8) is 0 Å². The molecule has 8 heteroatoms. The number of benzene rings is 2. The van der Waals surface area contributed by atoms with E-state index in [-0.39, 0.29) is 12.4 Å². The van der Waals surface area contributed by atoms with Crippen molar-refractivity contribution in [2.24, 2.45) is 5.10 Å². The molecule has 1 amide bonds. The van der Waals surface area contributed by atoms with Crippen molar-refractivity contribution in [1.29, 1.82) is 0 Å². The molecule has 0 fully saturated rings. The number of nitrogens with one attached hydrogen (secondary N) is 1. The zero-order valence-electron chi connectivity index (χ0n) is 16.0. The number of aryl methyl sites for hydroxylation is 2. The number of rotatable bonds is 7. The second-order valence-corrected chi connectivity index (χ2v) is 6.83. The first-order valence-electron chi connectivity index (χ1n) is 8.91. The third-order valence-corrected chi connectivity index (χ3v) is 4.50. The fourth-order valence-corrected chi connectivity index (χ4v) is 2.92. The Morgan fingerprint density at radius 3 is 2.76 bits per heavy atom. The van der Waals surface area contributed by atoms with Crippen LogP contribution in [0.2, 0.25) is 5.15 Å². The first-order valence-corrected chi connectivity index (χ1v) is 9.29. The van der Waals surface area contributed by atoms with Crippen molar-refractivity contribution >= 4 is 23.7 Å². The smallest absolute Gasteiger partial charge is 0.277 e. The number of carbonyl (C=O) groups excluding carboxylic acids is 1. The minimum absolute atomic E-state index is 0.155. The molecule has 2 aromatic carbocycles. The lowest BCUT2D eigenvalue weighted by atomic mass is 10.2. The van der Waals surface area contributed by atoms with Gasteiger partial charge in [-0.25, -0.2) is 14.5 Å². The average Bonchev–Trinajstić information content (AvgIpc) is 2.95. The predicted octanol–water partition coefficient (Wildman–Crippen LogP) is 3.87. The van der Waals surface area contributed by atoms with Crippen molar-refractivity contribution in [3.8, 4) is 5.75 Å². The molecule has 0 unspecified atom stereocenters. The fourth-order valence-electron chi connectivity index (χ4n) is 2.64. The van der Waals surface area contributed by atoms with Crippen molar-refractivity contribution in [1.82, 2.24) is 15.2 Å². The highest BCUT2D eigenvalue weighted by molar-refractivity contribution is 6.32. The van der Waals surface area contributed by atoms with E-state index in [1.165, 1.54) is 18.3 Å². The summed E-state index contributed by atoms with van der Waals surface area (Å²) in [6.07, 6.45) is 1.44. The highest BCUT2D eigenvalue weighted by Gasteiger charge is 2.12. The van der Waals surface area contributed by atoms with Gasteiger partial charge in [-0.1, -0.05) is 35.9 Å². The molecule has 6 nitrogen and oxygen atoms in total. The molecule has 0 aliphatic rings. The van der Waals surface area contributed by atoms with Gasteiger partial charge in [0.2, 0.25) is 0 Å². The van der Waals surface area contributed by atoms with E-state index in [9.17, 15) is 9.18 Å². The van der Waals surface area contributed by atoms with Crippen LogP contribution in [0.4, 0.5) is 4.39 Å². The minimum atomic E-state index is -0.393. The Bertz CT molecular complexity index is 1030. The molecule has 0 aliphatic carbocycles. The molecule has 0 radical (unpaired) electrons. The van der Waals surface area contributed by atoms with Crippen LogP contribution in [0, 0.1) is 19.7 Å². The number of aromatic nitrogens is 2. The van der Waals surface area contributed by atoms with Gasteiger partial charge in [0.15, 0.2) is 6.61 Å². The second-order valence-electron chi connectivity index (χ2n) is 6.47. The quantitative estimate of drug-likeness (QED) is 0.471. The van der Waals surface area contributed by atoms with Gasteiger partial charge in [0.1, 0.15) is 16.7 Å². The number of halogens is 2. The number of hydrogen-bond acceptors (Lipinski definition) is 4. The van der Waals surface area contributed by atoms with Crippen LogP contribution in [0.15, 0.2) is 53.6 Å². The van der Waals surface area contributed by atoms with Crippen LogP contribution in [0.1, 0.15) is 22.4 Å². The van der Waals surface area contributed by atoms with E-state index in [2.05, 4.69) is 15.6 Å². The topological polar surface area (TPSA) is 68.5 Å². The van der Waals surface area contributed by atoms with Crippen LogP contribution in [0.25, 0.3) is 0 Å². The summed E-state index contributed by atoms with van der Waals surface area (Å²) >= 11 is 6.38. The molecule has 0 bridgehead atoms. The molecule has 3 rings (SSSR count). The van der Waals surface area contributed by atoms with Crippen LogP contribution >= 0.6 is 11.6 Å². The van der Waals surface area contributed by atoms with E-state index >= 15 is 0 Å². The van der Waals surface area contributed by atoms with E-state index in [4.69, 9.17) is 16.3 Å². The Hall–Kier alpha value is -3.19. The lowest BCUT2D eigenvalue weighted by molar-refractivity contribution is -0.123. The second kappa shape index (κ2) is 9.34. The molecule has 1 aromatic heterocycles. The number of amides is 1. The Morgan fingerprint density at radius 1 is 1.28 bits per heavy atom. The normalized spacial score (nSPS) is 11.0. The maximum absolute atomic E-state index is 13.0. The van der Waals surface area contributed by atoms with E-state index in [0.29, 0.717) is 28.7 Å². The average molecular weight is 415 g/mol. The summed E-state index contributed by atoms with van der Waals surface area (Å²) in [5, 5.41) is 8.68. The number of hydrogen-bond donors (Lipinski definition) is 1. The lowest BCUT2D eigenvalue weighted by Crippen LogP contribution is -2.24. The van der Waals surface area contributed by atoms with Crippen LogP contribution in [-0.2, 0) is 11.3 Å². The zero-order valence-corrected chi connectivity index (χ0v) is 16.8. The van der Waals surface area contributed by atoms with E-state index < -0.39 is 5.91 Å². The Labute approximate surface area is 173 Å². The molecular formula is C21H20ClFN4O2. The molecule has 0 saturated heterocycles. The summed E-state index contributed by atoms with van der Waals surface area (Å²) in [4.78, 5) is 11.9. The molecule has 0 spiro atoms. The standard InChI is InChI=1S/C21H20ClFN4O2/c1-14-4-3-5-18(10-14)29-13-20(28)25-24-11-19-15(2)26-27(21(19)22)12-16-6-8-17(23)9-7-16/h3-11H,12-13H2,1-2H3,(H,25,28)/b24-11-. The molecule has 0 aliphatic heterocycles. The van der Waals surface area contributed by atoms with Gasteiger partial charge in [-0.3, -0.25) is 4.79 Å². The Kier molecular flexibility index (Phi) is 6.61. The number of nitrogens with zero attached hydrogens (tertiary/aromatic N) is 3. The fraction of sp³-hybridized carbons (Fsp3) is 0.190. The van der Waals surface area contributed by atoms with Gasteiger partial charge in [-0.05, 0) is 49.2 Å². The molecule has 0 saturated carbocycles. The maximum Gasteiger partial charge on any atom is 0.277 e. The van der Waals surface area contributed by atoms with Crippen molar-refractivity contribution in [3.05, 3.63) is 81.9 Å². The highest BCUT2D eigenvalue weighted by atomic mass is 35.5. The van der Waals surface area contributed by atoms with Crippen LogP contribution < -0.4 is 10.2 Å². The van der Waals surface area contributed by atoms with Gasteiger partial charge in [0.05, 0.1) is 24.0 Å². The molecule has 150 valence electrons. The summed E-state index contributed by atoms with van der Waals surface area (Å²) < 4.78 is 20.1. The first-order chi connectivity index (χ1) is 13.9. The van der Waals surface area contributed by atoms with Gasteiger partial charge in [-0.15, -0.1) is 0 Å². The van der Waals surface area contributed by atoms with Crippen LogP contribution in [-0.4, -0.2) is 28.5 Å². The van der Waals surface area contributed by atoms with Crippen LogP contribution in [0.3, 0.4) is 0 Å². The van der Waals surface area contributed by atoms with Crippen molar-refractivity contribution in [2.75, 3.05) is 6.61 Å². The predicted molar refractivity (Wildman–Crippen MR) is 110 cm³/mol. The summed E-state index contributed by atoms with van der Waals surface area (Å²) in [6.45, 7) is 3.97. The minimum Gasteiger partial charge on any atom is -0.484 e. The largest absolute Gasteiger partial charge is 0.484 e. The molecule has 0 atom stereocenters. The van der Waals surface area contributed by atoms with E-state index in [1.54, 1.807) is 29.8 Å². The lowest BCUT2D eigenvalue weighted by Gasteiger charge is -2.05. The molecule has 29 heavy (non-hydrogen) atoms. The number of carbonyl (C=O) groups is 1. The highest BCUT2D eigenvalue weighted by Crippen LogP contribution is 2.19. The number of ether oxygens (including phenoxy) is 1. The Morgan fingerprint density at radius 2 is 2.03 bits per heavy atom. The van der Waals surface area contributed by atoms with Gasteiger partial charge >= 0.3 is 0 Å². The maximum atomic E-state index is 13.0. The van der Waals surface area contributed by atoms with Gasteiger partial charge in [0.25, 0.3) is 5.91 Å². The molecule has 3 aromatic rings. The molecule has 1 heterocycles. The third-order valence-electron chi connectivity index (χ3n) is 4.10. The SMILES string of the molecule is Cc1cccc(OCC(=O)N/N=C\c2c(C)nn(Cc3ccc(F)cc3)c2Cl)c1. The van der Waals surface area contributed by atoms with Crippen molar-refractivity contribution < 1.29 is 13.9 Å². The Balaban J connectivity index is 1.58. The zero-order chi connectivity index (χ0) is 20.8. The number of hydrazone groups is 1. The summed E-state index contributed by atoms with van der Waals surface area (Å²) in [7, 11) is 0. The van der Waals surface area contributed by atoms with Gasteiger partial charge in [-0.2, -0.15) is 10.2 Å². The summed E-state index contributed by atoms with van der Waals surface area (Å²) in [5.74, 6) is -0.0771. The summed E-state index contributed by atoms with van der Waals surface area (Å²) in [6, 6.07) is 13.5. The summed E-state index contributed by atoms with van der Waals surface area (Å²) in [5.41, 5.74) is 5.56. The van der Waals surface area contributed by atoms with E-state index in [0.717, 1.165) is 11.1 Å². The van der Waals surface area contributed by atoms with Crippen molar-refractivity contribution in [2.45, 2.75) is 20.4 Å². The van der Waals surface area contributed by atoms with Gasteiger partial charge in [0, 0.05) is 0 Å². The third kappa shape index (κ3) is 5.65. The van der Waals surface area contributed by atoms with Crippen LogP contribution in [0.5, 0.6) is 5.75 Å². The first kappa shape index (κ1) is 20.5.